The largest absolute Gasteiger partial charge is 0.375 e. The van der Waals surface area contributed by atoms with Gasteiger partial charge in [-0.1, -0.05) is 18.2 Å². The molecular formula is C16H16BrF2N. The van der Waals surface area contributed by atoms with Crippen molar-refractivity contribution in [1.29, 1.82) is 0 Å². The lowest BCUT2D eigenvalue weighted by Gasteiger charge is -2.18. The van der Waals surface area contributed by atoms with Crippen LogP contribution in [0.4, 0.5) is 14.5 Å². The van der Waals surface area contributed by atoms with Gasteiger partial charge in [-0.25, -0.2) is 8.78 Å². The van der Waals surface area contributed by atoms with Crippen molar-refractivity contribution in [3.05, 3.63) is 63.1 Å². The fraction of sp³-hybridized carbons (Fsp3) is 0.250. The Morgan fingerprint density at radius 3 is 2.35 bits per heavy atom. The van der Waals surface area contributed by atoms with Gasteiger partial charge in [0.15, 0.2) is 0 Å². The Kier molecular flexibility index (Phi) is 4.43. The molecule has 2 aromatic carbocycles. The summed E-state index contributed by atoms with van der Waals surface area (Å²) in [6.07, 6.45) is 0. The van der Waals surface area contributed by atoms with Crippen molar-refractivity contribution in [3.8, 4) is 0 Å². The average Bonchev–Trinajstić information content (AvgIpc) is 2.36. The van der Waals surface area contributed by atoms with Crippen LogP contribution in [0.15, 0.2) is 34.8 Å². The number of hydrogen-bond donors (Lipinski definition) is 1. The maximum absolute atomic E-state index is 13.8. The van der Waals surface area contributed by atoms with Gasteiger partial charge in [0.05, 0.1) is 5.69 Å². The monoisotopic (exact) mass is 339 g/mol. The number of aryl methyl sites for hydroxylation is 2. The summed E-state index contributed by atoms with van der Waals surface area (Å²) in [5.74, 6) is -1.20. The maximum atomic E-state index is 13.8. The van der Waals surface area contributed by atoms with Crippen LogP contribution in [-0.2, 0) is 0 Å². The van der Waals surface area contributed by atoms with E-state index in [0.717, 1.165) is 11.6 Å². The van der Waals surface area contributed by atoms with Gasteiger partial charge in [0.2, 0.25) is 0 Å². The second kappa shape index (κ2) is 5.92. The molecule has 0 bridgehead atoms. The Labute approximate surface area is 126 Å². The van der Waals surface area contributed by atoms with Gasteiger partial charge < -0.3 is 5.32 Å². The third-order valence-corrected chi connectivity index (χ3v) is 4.02. The number of halogens is 3. The molecule has 0 aliphatic carbocycles. The molecule has 0 saturated heterocycles. The van der Waals surface area contributed by atoms with Crippen molar-refractivity contribution in [2.45, 2.75) is 26.8 Å². The number of hydrogen-bond acceptors (Lipinski definition) is 1. The van der Waals surface area contributed by atoms with Crippen LogP contribution >= 0.6 is 15.9 Å². The van der Waals surface area contributed by atoms with Crippen LogP contribution in [0.25, 0.3) is 0 Å². The zero-order chi connectivity index (χ0) is 14.9. The average molecular weight is 340 g/mol. The van der Waals surface area contributed by atoms with Crippen LogP contribution in [-0.4, -0.2) is 0 Å². The standard InChI is InChI=1S/C16H16BrF2N/c1-9-4-5-12(6-10(9)2)11(3)20-16-14(17)7-13(18)8-15(16)19/h4-8,11,20H,1-3H3. The Hall–Kier alpha value is -1.42. The van der Waals surface area contributed by atoms with E-state index in [1.54, 1.807) is 0 Å². The first kappa shape index (κ1) is 15.0. The maximum Gasteiger partial charge on any atom is 0.150 e. The molecule has 0 saturated carbocycles. The lowest BCUT2D eigenvalue weighted by molar-refractivity contribution is 0.582. The van der Waals surface area contributed by atoms with E-state index in [2.05, 4.69) is 27.3 Å². The minimum Gasteiger partial charge on any atom is -0.375 e. The molecule has 0 fully saturated rings. The van der Waals surface area contributed by atoms with E-state index in [1.165, 1.54) is 17.2 Å². The normalized spacial score (nSPS) is 12.3. The third-order valence-electron chi connectivity index (χ3n) is 3.40. The van der Waals surface area contributed by atoms with Gasteiger partial charge >= 0.3 is 0 Å². The topological polar surface area (TPSA) is 12.0 Å². The van der Waals surface area contributed by atoms with E-state index in [4.69, 9.17) is 0 Å². The molecule has 0 aliphatic rings. The fourth-order valence-corrected chi connectivity index (χ4v) is 2.54. The summed E-state index contributed by atoms with van der Waals surface area (Å²) in [6, 6.07) is 8.17. The van der Waals surface area contributed by atoms with Crippen molar-refractivity contribution in [2.75, 3.05) is 5.32 Å². The molecule has 0 spiro atoms. The molecule has 2 rings (SSSR count). The zero-order valence-corrected chi connectivity index (χ0v) is 13.2. The summed E-state index contributed by atoms with van der Waals surface area (Å²) in [4.78, 5) is 0. The zero-order valence-electron chi connectivity index (χ0n) is 11.6. The minimum atomic E-state index is -0.604. The SMILES string of the molecule is Cc1ccc(C(C)Nc2c(F)cc(F)cc2Br)cc1C. The second-order valence-corrected chi connectivity index (χ2v) is 5.81. The molecule has 0 radical (unpaired) electrons. The molecule has 20 heavy (non-hydrogen) atoms. The molecule has 0 amide bonds. The molecule has 1 N–H and O–H groups in total. The van der Waals surface area contributed by atoms with Gasteiger partial charge in [-0.05, 0) is 59.5 Å². The van der Waals surface area contributed by atoms with Crippen molar-refractivity contribution in [3.63, 3.8) is 0 Å². The van der Waals surface area contributed by atoms with E-state index in [-0.39, 0.29) is 11.7 Å². The molecule has 1 unspecified atom stereocenters. The molecule has 0 aliphatic heterocycles. The Morgan fingerprint density at radius 2 is 1.75 bits per heavy atom. The summed E-state index contributed by atoms with van der Waals surface area (Å²) in [5, 5.41) is 3.08. The number of nitrogens with one attached hydrogen (secondary N) is 1. The van der Waals surface area contributed by atoms with Crippen LogP contribution in [0.5, 0.6) is 0 Å². The first-order valence-corrected chi connectivity index (χ1v) is 7.16. The van der Waals surface area contributed by atoms with Crippen molar-refractivity contribution in [2.24, 2.45) is 0 Å². The Bertz CT molecular complexity index is 617. The molecule has 0 aromatic heterocycles. The fourth-order valence-electron chi connectivity index (χ4n) is 2.01. The highest BCUT2D eigenvalue weighted by molar-refractivity contribution is 9.10. The quantitative estimate of drug-likeness (QED) is 0.776. The highest BCUT2D eigenvalue weighted by Gasteiger charge is 2.13. The molecule has 4 heteroatoms. The van der Waals surface area contributed by atoms with Crippen molar-refractivity contribution < 1.29 is 8.78 Å². The van der Waals surface area contributed by atoms with Gasteiger partial charge in [-0.15, -0.1) is 0 Å². The molecule has 1 nitrogen and oxygen atoms in total. The van der Waals surface area contributed by atoms with E-state index >= 15 is 0 Å². The molecular weight excluding hydrogens is 324 g/mol. The van der Waals surface area contributed by atoms with Gasteiger partial charge in [0.1, 0.15) is 11.6 Å². The second-order valence-electron chi connectivity index (χ2n) is 4.95. The summed E-state index contributed by atoms with van der Waals surface area (Å²) in [5.41, 5.74) is 3.74. The Morgan fingerprint density at radius 1 is 1.05 bits per heavy atom. The summed E-state index contributed by atoms with van der Waals surface area (Å²) >= 11 is 3.18. The summed E-state index contributed by atoms with van der Waals surface area (Å²) < 4.78 is 27.2. The van der Waals surface area contributed by atoms with E-state index in [9.17, 15) is 8.78 Å². The van der Waals surface area contributed by atoms with Gasteiger partial charge in [-0.3, -0.25) is 0 Å². The highest BCUT2D eigenvalue weighted by atomic mass is 79.9. The lowest BCUT2D eigenvalue weighted by Crippen LogP contribution is -2.09. The van der Waals surface area contributed by atoms with E-state index in [1.807, 2.05) is 32.9 Å². The predicted molar refractivity (Wildman–Crippen MR) is 82.0 cm³/mol. The number of benzene rings is 2. The third kappa shape index (κ3) is 3.18. The smallest absolute Gasteiger partial charge is 0.150 e. The first-order chi connectivity index (χ1) is 9.38. The Balaban J connectivity index is 2.27. The number of rotatable bonds is 3. The van der Waals surface area contributed by atoms with E-state index < -0.39 is 11.6 Å². The molecule has 2 aromatic rings. The lowest BCUT2D eigenvalue weighted by atomic mass is 10.0. The molecule has 1 atom stereocenters. The van der Waals surface area contributed by atoms with Crippen LogP contribution in [0.2, 0.25) is 0 Å². The predicted octanol–water partition coefficient (Wildman–Crippen LogP) is 5.52. The van der Waals surface area contributed by atoms with Crippen molar-refractivity contribution in [1.82, 2.24) is 0 Å². The first-order valence-electron chi connectivity index (χ1n) is 6.36. The van der Waals surface area contributed by atoms with Gasteiger partial charge in [-0.2, -0.15) is 0 Å². The molecule has 0 heterocycles. The van der Waals surface area contributed by atoms with E-state index in [0.29, 0.717) is 4.47 Å². The molecule has 106 valence electrons. The summed E-state index contributed by atoms with van der Waals surface area (Å²) in [6.45, 7) is 6.03. The minimum absolute atomic E-state index is 0.0782. The van der Waals surface area contributed by atoms with Gasteiger partial charge in [0, 0.05) is 16.6 Å². The van der Waals surface area contributed by atoms with Crippen LogP contribution in [0.1, 0.15) is 29.7 Å². The van der Waals surface area contributed by atoms with Crippen LogP contribution in [0, 0.1) is 25.5 Å². The summed E-state index contributed by atoms with van der Waals surface area (Å²) in [7, 11) is 0. The van der Waals surface area contributed by atoms with Crippen LogP contribution in [0.3, 0.4) is 0 Å². The highest BCUT2D eigenvalue weighted by Crippen LogP contribution is 2.30. The van der Waals surface area contributed by atoms with Gasteiger partial charge in [0.25, 0.3) is 0 Å². The number of anilines is 1. The van der Waals surface area contributed by atoms with Crippen molar-refractivity contribution >= 4 is 21.6 Å². The van der Waals surface area contributed by atoms with Crippen LogP contribution < -0.4 is 5.32 Å².